The smallest absolute Gasteiger partial charge is 0.122 e. The van der Waals surface area contributed by atoms with Gasteiger partial charge in [0.05, 0.1) is 6.04 Å². The number of ether oxygens (including phenoxy) is 1. The average molecular weight is 257 g/mol. The molecule has 0 heterocycles. The van der Waals surface area contributed by atoms with Crippen molar-refractivity contribution in [1.29, 1.82) is 0 Å². The summed E-state index contributed by atoms with van der Waals surface area (Å²) in [6.45, 7) is 0.539. The summed E-state index contributed by atoms with van der Waals surface area (Å²) in [5.41, 5.74) is 8.15. The molecule has 0 amide bonds. The van der Waals surface area contributed by atoms with Crippen molar-refractivity contribution in [3.05, 3.63) is 65.7 Å². The molecule has 0 saturated heterocycles. The van der Waals surface area contributed by atoms with Gasteiger partial charge in [-0.1, -0.05) is 48.5 Å². The largest absolute Gasteiger partial charge is 0.491 e. The number of para-hydroxylation sites is 1. The molecule has 0 aliphatic heterocycles. The Morgan fingerprint density at radius 2 is 1.68 bits per heavy atom. The third-order valence-corrected chi connectivity index (χ3v) is 3.00. The molecule has 0 fully saturated rings. The lowest BCUT2D eigenvalue weighted by molar-refractivity contribution is 0.276. The number of rotatable bonds is 6. The van der Waals surface area contributed by atoms with Gasteiger partial charge >= 0.3 is 0 Å². The molecule has 0 aromatic heterocycles. The van der Waals surface area contributed by atoms with Gasteiger partial charge in [0.1, 0.15) is 12.4 Å². The van der Waals surface area contributed by atoms with E-state index in [1.165, 1.54) is 0 Å². The Balaban J connectivity index is 1.99. The topological polar surface area (TPSA) is 55.5 Å². The van der Waals surface area contributed by atoms with Gasteiger partial charge in [-0.25, -0.2) is 0 Å². The maximum atomic E-state index is 9.02. The highest BCUT2D eigenvalue weighted by molar-refractivity contribution is 5.33. The number of hydrogen-bond donors (Lipinski definition) is 2. The lowest BCUT2D eigenvalue weighted by Gasteiger charge is -2.15. The fraction of sp³-hybridized carbons (Fsp3) is 0.250. The summed E-state index contributed by atoms with van der Waals surface area (Å²) in [7, 11) is 0. The molecule has 3 heteroatoms. The molecule has 0 aliphatic rings. The van der Waals surface area contributed by atoms with Crippen LogP contribution in [0.25, 0.3) is 0 Å². The van der Waals surface area contributed by atoms with Gasteiger partial charge in [0.25, 0.3) is 0 Å². The van der Waals surface area contributed by atoms with E-state index in [0.717, 1.165) is 16.9 Å². The molecular formula is C16H19NO2. The molecule has 19 heavy (non-hydrogen) atoms. The fourth-order valence-electron chi connectivity index (χ4n) is 1.95. The molecule has 3 nitrogen and oxygen atoms in total. The minimum atomic E-state index is -0.150. The van der Waals surface area contributed by atoms with E-state index in [2.05, 4.69) is 0 Å². The number of nitrogens with two attached hydrogens (primary N) is 1. The normalized spacial score (nSPS) is 12.1. The zero-order chi connectivity index (χ0) is 13.5. The van der Waals surface area contributed by atoms with Crippen molar-refractivity contribution in [2.24, 2.45) is 5.73 Å². The van der Waals surface area contributed by atoms with E-state index >= 15 is 0 Å². The number of benzene rings is 2. The quantitative estimate of drug-likeness (QED) is 0.835. The number of aliphatic hydroxyl groups is 1. The highest BCUT2D eigenvalue weighted by atomic mass is 16.5. The summed E-state index contributed by atoms with van der Waals surface area (Å²) in [5.74, 6) is 0.794. The minimum Gasteiger partial charge on any atom is -0.491 e. The van der Waals surface area contributed by atoms with Crippen LogP contribution in [0.4, 0.5) is 0 Å². The molecule has 2 rings (SSSR count). The summed E-state index contributed by atoms with van der Waals surface area (Å²) in [4.78, 5) is 0. The second kappa shape index (κ2) is 6.92. The van der Waals surface area contributed by atoms with Crippen LogP contribution in [0.2, 0.25) is 0 Å². The van der Waals surface area contributed by atoms with E-state index in [1.54, 1.807) is 0 Å². The SMILES string of the molecule is NC(COc1ccccc1CCO)c1ccccc1. The summed E-state index contributed by atoms with van der Waals surface area (Å²) >= 11 is 0. The fourth-order valence-corrected chi connectivity index (χ4v) is 1.95. The summed E-state index contributed by atoms with van der Waals surface area (Å²) in [5, 5.41) is 9.02. The first kappa shape index (κ1) is 13.6. The van der Waals surface area contributed by atoms with Gasteiger partial charge in [-0.3, -0.25) is 0 Å². The molecule has 3 N–H and O–H groups in total. The molecule has 0 bridgehead atoms. The Morgan fingerprint density at radius 1 is 1.00 bits per heavy atom. The summed E-state index contributed by atoms with van der Waals surface area (Å²) in [6.07, 6.45) is 0.594. The predicted molar refractivity (Wildman–Crippen MR) is 76.1 cm³/mol. The minimum absolute atomic E-state index is 0.116. The molecule has 0 radical (unpaired) electrons. The Morgan fingerprint density at radius 3 is 2.42 bits per heavy atom. The number of aliphatic hydroxyl groups excluding tert-OH is 1. The monoisotopic (exact) mass is 257 g/mol. The van der Waals surface area contributed by atoms with Gasteiger partial charge in [-0.05, 0) is 23.6 Å². The maximum Gasteiger partial charge on any atom is 0.122 e. The molecular weight excluding hydrogens is 238 g/mol. The van der Waals surface area contributed by atoms with E-state index in [1.807, 2.05) is 54.6 Å². The van der Waals surface area contributed by atoms with Crippen LogP contribution in [-0.2, 0) is 6.42 Å². The van der Waals surface area contributed by atoms with Crippen LogP contribution in [-0.4, -0.2) is 18.3 Å². The molecule has 0 aliphatic carbocycles. The van der Waals surface area contributed by atoms with Crippen LogP contribution in [0.5, 0.6) is 5.75 Å². The van der Waals surface area contributed by atoms with E-state index in [4.69, 9.17) is 15.6 Å². The Bertz CT molecular complexity index is 499. The van der Waals surface area contributed by atoms with Crippen molar-refractivity contribution in [2.45, 2.75) is 12.5 Å². The van der Waals surface area contributed by atoms with Crippen LogP contribution in [0, 0.1) is 0 Å². The van der Waals surface area contributed by atoms with Crippen LogP contribution in [0.3, 0.4) is 0 Å². The van der Waals surface area contributed by atoms with Crippen molar-refractivity contribution < 1.29 is 9.84 Å². The second-order valence-electron chi connectivity index (χ2n) is 4.41. The van der Waals surface area contributed by atoms with Crippen molar-refractivity contribution >= 4 is 0 Å². The highest BCUT2D eigenvalue weighted by Crippen LogP contribution is 2.20. The zero-order valence-corrected chi connectivity index (χ0v) is 10.8. The maximum absolute atomic E-state index is 9.02. The first-order valence-corrected chi connectivity index (χ1v) is 6.43. The number of hydrogen-bond acceptors (Lipinski definition) is 3. The lowest BCUT2D eigenvalue weighted by atomic mass is 10.1. The molecule has 1 unspecified atom stereocenters. The summed E-state index contributed by atoms with van der Waals surface area (Å²) in [6, 6.07) is 17.5. The molecule has 100 valence electrons. The van der Waals surface area contributed by atoms with Crippen LogP contribution in [0.15, 0.2) is 54.6 Å². The van der Waals surface area contributed by atoms with Crippen LogP contribution >= 0.6 is 0 Å². The molecule has 0 spiro atoms. The lowest BCUT2D eigenvalue weighted by Crippen LogP contribution is -2.19. The van der Waals surface area contributed by atoms with Crippen molar-refractivity contribution in [1.82, 2.24) is 0 Å². The average Bonchev–Trinajstić information content (AvgIpc) is 2.47. The van der Waals surface area contributed by atoms with Gasteiger partial charge in [-0.15, -0.1) is 0 Å². The molecule has 2 aromatic carbocycles. The van der Waals surface area contributed by atoms with Crippen molar-refractivity contribution in [2.75, 3.05) is 13.2 Å². The summed E-state index contributed by atoms with van der Waals surface area (Å²) < 4.78 is 5.77. The zero-order valence-electron chi connectivity index (χ0n) is 10.8. The predicted octanol–water partition coefficient (Wildman–Crippen LogP) is 2.30. The third-order valence-electron chi connectivity index (χ3n) is 3.00. The van der Waals surface area contributed by atoms with Gasteiger partial charge in [0.2, 0.25) is 0 Å². The molecule has 0 saturated carbocycles. The van der Waals surface area contributed by atoms with Gasteiger partial charge < -0.3 is 15.6 Å². The van der Waals surface area contributed by atoms with Crippen molar-refractivity contribution in [3.8, 4) is 5.75 Å². The second-order valence-corrected chi connectivity index (χ2v) is 4.41. The Hall–Kier alpha value is -1.84. The van der Waals surface area contributed by atoms with Crippen molar-refractivity contribution in [3.63, 3.8) is 0 Å². The highest BCUT2D eigenvalue weighted by Gasteiger charge is 2.08. The van der Waals surface area contributed by atoms with Gasteiger partial charge in [0.15, 0.2) is 0 Å². The van der Waals surface area contributed by atoms with E-state index in [9.17, 15) is 0 Å². The standard InChI is InChI=1S/C16H19NO2/c17-15(13-6-2-1-3-7-13)12-19-16-9-5-4-8-14(16)10-11-18/h1-9,15,18H,10-12,17H2. The van der Waals surface area contributed by atoms with Crippen LogP contribution in [0.1, 0.15) is 17.2 Å². The van der Waals surface area contributed by atoms with Crippen LogP contribution < -0.4 is 10.5 Å². The molecule has 1 atom stereocenters. The van der Waals surface area contributed by atoms with E-state index in [0.29, 0.717) is 13.0 Å². The first-order valence-electron chi connectivity index (χ1n) is 6.43. The van der Waals surface area contributed by atoms with Gasteiger partial charge in [-0.2, -0.15) is 0 Å². The van der Waals surface area contributed by atoms with Gasteiger partial charge in [0, 0.05) is 6.61 Å². The molecule has 2 aromatic rings. The third kappa shape index (κ3) is 3.81. The Labute approximate surface area is 113 Å². The first-order chi connectivity index (χ1) is 9.31. The van der Waals surface area contributed by atoms with E-state index in [-0.39, 0.29) is 12.6 Å². The van der Waals surface area contributed by atoms with E-state index < -0.39 is 0 Å². The Kier molecular flexibility index (Phi) is 4.95.